The molecule has 7 nitrogen and oxygen atoms in total. The zero-order valence-corrected chi connectivity index (χ0v) is 15.5. The first kappa shape index (κ1) is 17.7. The summed E-state index contributed by atoms with van der Waals surface area (Å²) in [7, 11) is 0. The minimum Gasteiger partial charge on any atom is -0.352 e. The van der Waals surface area contributed by atoms with E-state index in [2.05, 4.69) is 20.1 Å². The lowest BCUT2D eigenvalue weighted by Crippen LogP contribution is -2.27. The largest absolute Gasteiger partial charge is 0.352 e. The van der Waals surface area contributed by atoms with Gasteiger partial charge >= 0.3 is 0 Å². The second-order valence-corrected chi connectivity index (χ2v) is 7.20. The zero-order chi connectivity index (χ0) is 18.6. The maximum atomic E-state index is 12.4. The number of anilines is 1. The summed E-state index contributed by atoms with van der Waals surface area (Å²) in [6, 6.07) is 7.24. The fraction of sp³-hybridized carbons (Fsp3) is 0.500. The van der Waals surface area contributed by atoms with Gasteiger partial charge in [-0.05, 0) is 43.5 Å². The Morgan fingerprint density at radius 1 is 1.00 bits per heavy atom. The third-order valence-electron chi connectivity index (χ3n) is 5.33. The van der Waals surface area contributed by atoms with Gasteiger partial charge in [0.05, 0.1) is 0 Å². The molecule has 0 aliphatic carbocycles. The van der Waals surface area contributed by atoms with Crippen LogP contribution in [-0.2, 0) is 24.2 Å². The van der Waals surface area contributed by atoms with Gasteiger partial charge in [-0.3, -0.25) is 9.59 Å². The Labute approximate surface area is 158 Å². The standard InChI is InChI=1S/C20H25N5O2/c26-19-6-4-14-24(19)16-9-7-15(8-10-16)20(27)21-12-11-18-23-22-17-5-2-1-3-13-25(17)18/h7-10H,1-6,11-14H2,(H,21,27). The van der Waals surface area contributed by atoms with E-state index >= 15 is 0 Å². The minimum atomic E-state index is -0.107. The van der Waals surface area contributed by atoms with Crippen molar-refractivity contribution in [3.05, 3.63) is 41.5 Å². The minimum absolute atomic E-state index is 0.107. The second-order valence-electron chi connectivity index (χ2n) is 7.20. The van der Waals surface area contributed by atoms with Gasteiger partial charge in [-0.25, -0.2) is 0 Å². The van der Waals surface area contributed by atoms with Crippen LogP contribution >= 0.6 is 0 Å². The Morgan fingerprint density at radius 3 is 2.63 bits per heavy atom. The summed E-state index contributed by atoms with van der Waals surface area (Å²) in [6.45, 7) is 2.26. The average Bonchev–Trinajstić information content (AvgIpc) is 3.20. The molecule has 7 heteroatoms. The summed E-state index contributed by atoms with van der Waals surface area (Å²) >= 11 is 0. The highest BCUT2D eigenvalue weighted by Crippen LogP contribution is 2.21. The van der Waals surface area contributed by atoms with Gasteiger partial charge in [0.15, 0.2) is 0 Å². The fourth-order valence-corrected chi connectivity index (χ4v) is 3.83. The highest BCUT2D eigenvalue weighted by molar-refractivity contribution is 5.97. The number of aromatic nitrogens is 3. The van der Waals surface area contributed by atoms with Crippen molar-refractivity contribution in [2.45, 2.75) is 51.5 Å². The predicted molar refractivity (Wildman–Crippen MR) is 102 cm³/mol. The quantitative estimate of drug-likeness (QED) is 0.878. The van der Waals surface area contributed by atoms with E-state index in [0.29, 0.717) is 24.9 Å². The van der Waals surface area contributed by atoms with Crippen LogP contribution in [0.5, 0.6) is 0 Å². The first-order chi connectivity index (χ1) is 13.2. The van der Waals surface area contributed by atoms with Gasteiger partial charge in [0.1, 0.15) is 11.6 Å². The number of amides is 2. The molecule has 0 atom stereocenters. The van der Waals surface area contributed by atoms with Crippen molar-refractivity contribution in [3.63, 3.8) is 0 Å². The van der Waals surface area contributed by atoms with Crippen LogP contribution in [0.4, 0.5) is 5.69 Å². The van der Waals surface area contributed by atoms with Gasteiger partial charge in [-0.2, -0.15) is 0 Å². The van der Waals surface area contributed by atoms with Crippen molar-refractivity contribution in [2.24, 2.45) is 0 Å². The maximum absolute atomic E-state index is 12.4. The molecule has 2 aliphatic rings. The zero-order valence-electron chi connectivity index (χ0n) is 15.5. The molecule has 0 bridgehead atoms. The highest BCUT2D eigenvalue weighted by Gasteiger charge is 2.21. The molecule has 2 amide bonds. The topological polar surface area (TPSA) is 80.1 Å². The van der Waals surface area contributed by atoms with Gasteiger partial charge in [-0.15, -0.1) is 10.2 Å². The van der Waals surface area contributed by atoms with Crippen LogP contribution in [-0.4, -0.2) is 39.7 Å². The highest BCUT2D eigenvalue weighted by atomic mass is 16.2. The predicted octanol–water partition coefficient (Wildman–Crippen LogP) is 2.10. The molecule has 2 aliphatic heterocycles. The summed E-state index contributed by atoms with van der Waals surface area (Å²) < 4.78 is 2.21. The average molecular weight is 367 g/mol. The number of carbonyl (C=O) groups is 2. The molecule has 1 aromatic carbocycles. The Morgan fingerprint density at radius 2 is 1.85 bits per heavy atom. The second kappa shape index (κ2) is 7.90. The maximum Gasteiger partial charge on any atom is 0.251 e. The normalized spacial score (nSPS) is 16.9. The summed E-state index contributed by atoms with van der Waals surface area (Å²) in [5.41, 5.74) is 1.46. The van der Waals surface area contributed by atoms with Crippen LogP contribution in [0.2, 0.25) is 0 Å². The summed E-state index contributed by atoms with van der Waals surface area (Å²) in [5.74, 6) is 2.07. The van der Waals surface area contributed by atoms with Crippen LogP contribution < -0.4 is 10.2 Å². The third-order valence-corrected chi connectivity index (χ3v) is 5.33. The van der Waals surface area contributed by atoms with Crippen molar-refractivity contribution >= 4 is 17.5 Å². The molecule has 1 aromatic heterocycles. The van der Waals surface area contributed by atoms with E-state index in [1.807, 2.05) is 12.1 Å². The molecule has 1 N–H and O–H groups in total. The molecule has 3 heterocycles. The van der Waals surface area contributed by atoms with Gasteiger partial charge in [-0.1, -0.05) is 6.42 Å². The lowest BCUT2D eigenvalue weighted by atomic mass is 10.2. The number of nitrogens with one attached hydrogen (secondary N) is 1. The third kappa shape index (κ3) is 3.86. The van der Waals surface area contributed by atoms with Crippen LogP contribution in [0.15, 0.2) is 24.3 Å². The number of hydrogen-bond donors (Lipinski definition) is 1. The molecule has 0 unspecified atom stereocenters. The molecular weight excluding hydrogens is 342 g/mol. The first-order valence-electron chi connectivity index (χ1n) is 9.82. The number of benzene rings is 1. The lowest BCUT2D eigenvalue weighted by Gasteiger charge is -2.15. The van der Waals surface area contributed by atoms with Crippen molar-refractivity contribution < 1.29 is 9.59 Å². The lowest BCUT2D eigenvalue weighted by molar-refractivity contribution is -0.117. The fourth-order valence-electron chi connectivity index (χ4n) is 3.83. The summed E-state index contributed by atoms with van der Waals surface area (Å²) in [4.78, 5) is 26.0. The molecular formula is C20H25N5O2. The first-order valence-corrected chi connectivity index (χ1v) is 9.82. The van der Waals surface area contributed by atoms with Crippen LogP contribution in [0.3, 0.4) is 0 Å². The van der Waals surface area contributed by atoms with Gasteiger partial charge in [0.25, 0.3) is 5.91 Å². The van der Waals surface area contributed by atoms with E-state index in [4.69, 9.17) is 0 Å². The van der Waals surface area contributed by atoms with E-state index in [0.717, 1.165) is 49.7 Å². The molecule has 0 saturated carbocycles. The number of nitrogens with zero attached hydrogens (tertiary/aromatic N) is 4. The van der Waals surface area contributed by atoms with Crippen molar-refractivity contribution in [1.29, 1.82) is 0 Å². The summed E-state index contributed by atoms with van der Waals surface area (Å²) in [6.07, 6.45) is 6.75. The Bertz CT molecular complexity index is 827. The van der Waals surface area contributed by atoms with Gasteiger partial charge in [0.2, 0.25) is 5.91 Å². The van der Waals surface area contributed by atoms with E-state index < -0.39 is 0 Å². The van der Waals surface area contributed by atoms with E-state index in [1.54, 1.807) is 17.0 Å². The van der Waals surface area contributed by atoms with Gasteiger partial charge < -0.3 is 14.8 Å². The van der Waals surface area contributed by atoms with Crippen molar-refractivity contribution in [1.82, 2.24) is 20.1 Å². The molecule has 27 heavy (non-hydrogen) atoms. The van der Waals surface area contributed by atoms with Crippen molar-refractivity contribution in [2.75, 3.05) is 18.0 Å². The molecule has 142 valence electrons. The molecule has 1 saturated heterocycles. The number of carbonyl (C=O) groups excluding carboxylic acids is 2. The number of fused-ring (bicyclic) bond motifs is 1. The van der Waals surface area contributed by atoms with E-state index in [1.165, 1.54) is 12.8 Å². The van der Waals surface area contributed by atoms with Crippen LogP contribution in [0.25, 0.3) is 0 Å². The van der Waals surface area contributed by atoms with Crippen LogP contribution in [0, 0.1) is 0 Å². The Hall–Kier alpha value is -2.70. The number of hydrogen-bond acceptors (Lipinski definition) is 4. The van der Waals surface area contributed by atoms with Gasteiger partial charge in [0, 0.05) is 50.1 Å². The van der Waals surface area contributed by atoms with E-state index in [-0.39, 0.29) is 11.8 Å². The monoisotopic (exact) mass is 367 g/mol. The molecule has 1 fully saturated rings. The molecule has 4 rings (SSSR count). The Kier molecular flexibility index (Phi) is 5.18. The smallest absolute Gasteiger partial charge is 0.251 e. The number of rotatable bonds is 5. The summed E-state index contributed by atoms with van der Waals surface area (Å²) in [5, 5.41) is 11.5. The molecule has 2 aromatic rings. The Balaban J connectivity index is 1.32. The van der Waals surface area contributed by atoms with Crippen molar-refractivity contribution in [3.8, 4) is 0 Å². The molecule has 0 spiro atoms. The molecule has 0 radical (unpaired) electrons. The SMILES string of the molecule is O=C(NCCc1nnc2n1CCCCC2)c1ccc(N2CCCC2=O)cc1. The number of aryl methyl sites for hydroxylation is 1. The van der Waals surface area contributed by atoms with Crippen LogP contribution in [0.1, 0.15) is 54.1 Å². The van der Waals surface area contributed by atoms with E-state index in [9.17, 15) is 9.59 Å².